The molecule has 104 valence electrons. The first-order valence-electron chi connectivity index (χ1n) is 6.60. The summed E-state index contributed by atoms with van der Waals surface area (Å²) in [7, 11) is 0. The van der Waals surface area contributed by atoms with E-state index in [9.17, 15) is 4.79 Å². The Morgan fingerprint density at radius 3 is 3.11 bits per heavy atom. The van der Waals surface area contributed by atoms with Gasteiger partial charge in [0, 0.05) is 31.0 Å². The van der Waals surface area contributed by atoms with Crippen LogP contribution < -0.4 is 11.1 Å². The monoisotopic (exact) mass is 263 g/mol. The van der Waals surface area contributed by atoms with E-state index in [-0.39, 0.29) is 17.6 Å². The van der Waals surface area contributed by atoms with Crippen LogP contribution in [0.15, 0.2) is 18.3 Å². The Balaban J connectivity index is 2.00. The zero-order valence-corrected chi connectivity index (χ0v) is 11.5. The standard InChI is InChI=1S/C14H21N3O2/c1-14(2)8-11(4-6-19-14)17-13(18)10-3-5-16-12(7-10)9-15/h3,5,7,11H,4,6,8-9,15H2,1-2H3,(H,17,18). The van der Waals surface area contributed by atoms with E-state index >= 15 is 0 Å². The zero-order valence-electron chi connectivity index (χ0n) is 11.5. The summed E-state index contributed by atoms with van der Waals surface area (Å²) in [5.41, 5.74) is 6.69. The third-order valence-electron chi connectivity index (χ3n) is 3.32. The van der Waals surface area contributed by atoms with Crippen molar-refractivity contribution < 1.29 is 9.53 Å². The van der Waals surface area contributed by atoms with Crippen molar-refractivity contribution in [3.05, 3.63) is 29.6 Å². The number of nitrogens with one attached hydrogen (secondary N) is 1. The van der Waals surface area contributed by atoms with E-state index in [1.165, 1.54) is 0 Å². The van der Waals surface area contributed by atoms with Crippen molar-refractivity contribution in [3.8, 4) is 0 Å². The average molecular weight is 263 g/mol. The molecule has 0 aromatic carbocycles. The maximum absolute atomic E-state index is 12.2. The lowest BCUT2D eigenvalue weighted by molar-refractivity contribution is -0.0615. The molecule has 1 atom stereocenters. The van der Waals surface area contributed by atoms with Gasteiger partial charge in [0.05, 0.1) is 11.3 Å². The highest BCUT2D eigenvalue weighted by Gasteiger charge is 2.29. The van der Waals surface area contributed by atoms with Gasteiger partial charge in [-0.05, 0) is 38.8 Å². The molecule has 1 fully saturated rings. The van der Waals surface area contributed by atoms with Gasteiger partial charge in [-0.15, -0.1) is 0 Å². The van der Waals surface area contributed by atoms with Crippen molar-refractivity contribution >= 4 is 5.91 Å². The highest BCUT2D eigenvalue weighted by Crippen LogP contribution is 2.24. The molecule has 2 heterocycles. The summed E-state index contributed by atoms with van der Waals surface area (Å²) in [6, 6.07) is 3.60. The second-order valence-corrected chi connectivity index (χ2v) is 5.51. The number of aromatic nitrogens is 1. The molecule has 1 aromatic heterocycles. The second kappa shape index (κ2) is 5.67. The number of nitrogens with zero attached hydrogens (tertiary/aromatic N) is 1. The molecular weight excluding hydrogens is 242 g/mol. The predicted molar refractivity (Wildman–Crippen MR) is 72.6 cm³/mol. The molecule has 0 spiro atoms. The number of ether oxygens (including phenoxy) is 1. The summed E-state index contributed by atoms with van der Waals surface area (Å²) >= 11 is 0. The van der Waals surface area contributed by atoms with Crippen LogP contribution in [-0.2, 0) is 11.3 Å². The van der Waals surface area contributed by atoms with Crippen LogP contribution in [0, 0.1) is 0 Å². The zero-order chi connectivity index (χ0) is 13.9. The predicted octanol–water partition coefficient (Wildman–Crippen LogP) is 1.23. The van der Waals surface area contributed by atoms with Gasteiger partial charge in [-0.25, -0.2) is 0 Å². The van der Waals surface area contributed by atoms with Crippen molar-refractivity contribution in [2.24, 2.45) is 5.73 Å². The first-order chi connectivity index (χ1) is 9.00. The summed E-state index contributed by atoms with van der Waals surface area (Å²) < 4.78 is 5.64. The first-order valence-corrected chi connectivity index (χ1v) is 6.60. The Hall–Kier alpha value is -1.46. The van der Waals surface area contributed by atoms with Crippen LogP contribution in [-0.4, -0.2) is 29.1 Å². The molecule has 0 radical (unpaired) electrons. The third kappa shape index (κ3) is 3.75. The van der Waals surface area contributed by atoms with E-state index in [0.717, 1.165) is 18.5 Å². The van der Waals surface area contributed by atoms with Gasteiger partial charge in [-0.3, -0.25) is 9.78 Å². The fourth-order valence-corrected chi connectivity index (χ4v) is 2.35. The molecule has 5 heteroatoms. The van der Waals surface area contributed by atoms with Crippen molar-refractivity contribution in [3.63, 3.8) is 0 Å². The minimum atomic E-state index is -0.170. The number of rotatable bonds is 3. The number of hydrogen-bond acceptors (Lipinski definition) is 4. The summed E-state index contributed by atoms with van der Waals surface area (Å²) in [5.74, 6) is -0.0696. The molecule has 2 rings (SSSR count). The largest absolute Gasteiger partial charge is 0.375 e. The molecule has 1 aliphatic heterocycles. The van der Waals surface area contributed by atoms with Crippen LogP contribution in [0.1, 0.15) is 42.7 Å². The molecule has 3 N–H and O–H groups in total. The van der Waals surface area contributed by atoms with Gasteiger partial charge in [-0.1, -0.05) is 0 Å². The summed E-state index contributed by atoms with van der Waals surface area (Å²) in [4.78, 5) is 16.3. The quantitative estimate of drug-likeness (QED) is 0.859. The molecule has 1 saturated heterocycles. The van der Waals surface area contributed by atoms with Crippen LogP contribution in [0.2, 0.25) is 0 Å². The Bertz CT molecular complexity index is 460. The van der Waals surface area contributed by atoms with Crippen molar-refractivity contribution in [1.82, 2.24) is 10.3 Å². The summed E-state index contributed by atoms with van der Waals surface area (Å²) in [6.07, 6.45) is 3.29. The van der Waals surface area contributed by atoms with E-state index in [2.05, 4.69) is 10.3 Å². The smallest absolute Gasteiger partial charge is 0.251 e. The highest BCUT2D eigenvalue weighted by molar-refractivity contribution is 5.94. The number of amides is 1. The number of hydrogen-bond donors (Lipinski definition) is 2. The molecule has 5 nitrogen and oxygen atoms in total. The van der Waals surface area contributed by atoms with Gasteiger partial charge in [-0.2, -0.15) is 0 Å². The lowest BCUT2D eigenvalue weighted by Crippen LogP contribution is -2.45. The topological polar surface area (TPSA) is 77.2 Å². The van der Waals surface area contributed by atoms with E-state index in [0.29, 0.717) is 18.7 Å². The average Bonchev–Trinajstić information content (AvgIpc) is 2.37. The molecule has 1 unspecified atom stereocenters. The maximum Gasteiger partial charge on any atom is 0.251 e. The van der Waals surface area contributed by atoms with Gasteiger partial charge >= 0.3 is 0 Å². The van der Waals surface area contributed by atoms with Gasteiger partial charge in [0.2, 0.25) is 0 Å². The molecular formula is C14H21N3O2. The minimum Gasteiger partial charge on any atom is -0.375 e. The van der Waals surface area contributed by atoms with Crippen molar-refractivity contribution in [2.75, 3.05) is 6.61 Å². The van der Waals surface area contributed by atoms with E-state index < -0.39 is 0 Å². The van der Waals surface area contributed by atoms with Gasteiger partial charge in [0.15, 0.2) is 0 Å². The minimum absolute atomic E-state index is 0.0696. The summed E-state index contributed by atoms with van der Waals surface area (Å²) in [5, 5.41) is 3.05. The normalized spacial score (nSPS) is 21.9. The fourth-order valence-electron chi connectivity index (χ4n) is 2.35. The Kier molecular flexibility index (Phi) is 4.17. The third-order valence-corrected chi connectivity index (χ3v) is 3.32. The molecule has 1 aliphatic rings. The van der Waals surface area contributed by atoms with Crippen LogP contribution in [0.3, 0.4) is 0 Å². The Labute approximate surface area is 113 Å². The Morgan fingerprint density at radius 1 is 1.63 bits per heavy atom. The first kappa shape index (κ1) is 14.0. The van der Waals surface area contributed by atoms with Gasteiger partial charge in [0.25, 0.3) is 5.91 Å². The number of carbonyl (C=O) groups is 1. The SMILES string of the molecule is CC1(C)CC(NC(=O)c2ccnc(CN)c2)CCO1. The molecule has 0 saturated carbocycles. The molecule has 1 aromatic rings. The van der Waals surface area contributed by atoms with Crippen LogP contribution >= 0.6 is 0 Å². The van der Waals surface area contributed by atoms with Crippen LogP contribution in [0.4, 0.5) is 0 Å². The number of pyridine rings is 1. The Morgan fingerprint density at radius 2 is 2.42 bits per heavy atom. The molecule has 0 bridgehead atoms. The lowest BCUT2D eigenvalue weighted by atomic mass is 9.94. The van der Waals surface area contributed by atoms with E-state index in [1.54, 1.807) is 18.3 Å². The fraction of sp³-hybridized carbons (Fsp3) is 0.571. The molecule has 1 amide bonds. The molecule has 0 aliphatic carbocycles. The number of nitrogens with two attached hydrogens (primary N) is 1. The van der Waals surface area contributed by atoms with Gasteiger partial charge in [0.1, 0.15) is 0 Å². The van der Waals surface area contributed by atoms with E-state index in [4.69, 9.17) is 10.5 Å². The van der Waals surface area contributed by atoms with E-state index in [1.807, 2.05) is 13.8 Å². The summed E-state index contributed by atoms with van der Waals surface area (Å²) in [6.45, 7) is 5.11. The molecule has 19 heavy (non-hydrogen) atoms. The second-order valence-electron chi connectivity index (χ2n) is 5.51. The van der Waals surface area contributed by atoms with Crippen molar-refractivity contribution in [1.29, 1.82) is 0 Å². The number of carbonyl (C=O) groups excluding carboxylic acids is 1. The van der Waals surface area contributed by atoms with Crippen LogP contribution in [0.25, 0.3) is 0 Å². The highest BCUT2D eigenvalue weighted by atomic mass is 16.5. The van der Waals surface area contributed by atoms with Crippen molar-refractivity contribution in [2.45, 2.75) is 44.9 Å². The lowest BCUT2D eigenvalue weighted by Gasteiger charge is -2.35. The van der Waals surface area contributed by atoms with Crippen LogP contribution in [0.5, 0.6) is 0 Å². The van der Waals surface area contributed by atoms with Gasteiger partial charge < -0.3 is 15.8 Å². The maximum atomic E-state index is 12.2.